The quantitative estimate of drug-likeness (QED) is 0.760. The lowest BCUT2D eigenvalue weighted by Crippen LogP contribution is -2.14. The molecule has 4 nitrogen and oxygen atoms in total. The highest BCUT2D eigenvalue weighted by Gasteiger charge is 2.03. The van der Waals surface area contributed by atoms with E-state index < -0.39 is 0 Å². The fraction of sp³-hybridized carbons (Fsp3) is 0.316. The summed E-state index contributed by atoms with van der Waals surface area (Å²) in [6.07, 6.45) is 0.383. The number of benzene rings is 2. The maximum absolute atomic E-state index is 11.4. The Hall–Kier alpha value is -2.33. The van der Waals surface area contributed by atoms with Gasteiger partial charge in [-0.25, -0.2) is 0 Å². The first-order chi connectivity index (χ1) is 11.2. The van der Waals surface area contributed by atoms with Gasteiger partial charge in [0.25, 0.3) is 0 Å². The highest BCUT2D eigenvalue weighted by molar-refractivity contribution is 5.69. The van der Waals surface area contributed by atoms with Crippen LogP contribution >= 0.6 is 0 Å². The average molecular weight is 313 g/mol. The number of hydrogen-bond donors (Lipinski definition) is 1. The number of aryl methyl sites for hydroxylation is 1. The van der Waals surface area contributed by atoms with Crippen molar-refractivity contribution >= 4 is 5.97 Å². The second kappa shape index (κ2) is 8.96. The SMILES string of the molecule is CNCCC(=O)OCc1ccc(OCc2ccc(C)cc2)cc1. The highest BCUT2D eigenvalue weighted by atomic mass is 16.5. The molecule has 0 aliphatic carbocycles. The van der Waals surface area contributed by atoms with E-state index in [2.05, 4.69) is 36.5 Å². The second-order valence-electron chi connectivity index (χ2n) is 5.43. The first-order valence-corrected chi connectivity index (χ1v) is 7.75. The van der Waals surface area contributed by atoms with Crippen LogP contribution in [-0.2, 0) is 22.7 Å². The summed E-state index contributed by atoms with van der Waals surface area (Å²) in [4.78, 5) is 11.4. The number of nitrogens with one attached hydrogen (secondary N) is 1. The summed E-state index contributed by atoms with van der Waals surface area (Å²) < 4.78 is 10.9. The monoisotopic (exact) mass is 313 g/mol. The molecular formula is C19H23NO3. The molecule has 1 N–H and O–H groups in total. The smallest absolute Gasteiger partial charge is 0.307 e. The van der Waals surface area contributed by atoms with Gasteiger partial charge < -0.3 is 14.8 Å². The highest BCUT2D eigenvalue weighted by Crippen LogP contribution is 2.15. The van der Waals surface area contributed by atoms with Gasteiger partial charge >= 0.3 is 5.97 Å². The van der Waals surface area contributed by atoms with E-state index in [9.17, 15) is 4.79 Å². The molecule has 0 bridgehead atoms. The molecule has 0 saturated heterocycles. The molecule has 23 heavy (non-hydrogen) atoms. The van der Waals surface area contributed by atoms with E-state index in [4.69, 9.17) is 9.47 Å². The van der Waals surface area contributed by atoms with Gasteiger partial charge in [0, 0.05) is 6.54 Å². The van der Waals surface area contributed by atoms with Crippen LogP contribution in [0.5, 0.6) is 5.75 Å². The van der Waals surface area contributed by atoms with E-state index in [1.54, 1.807) is 0 Å². The van der Waals surface area contributed by atoms with Crippen molar-refractivity contribution in [1.29, 1.82) is 0 Å². The molecule has 0 heterocycles. The molecule has 0 aliphatic heterocycles. The van der Waals surface area contributed by atoms with Crippen molar-refractivity contribution < 1.29 is 14.3 Å². The molecule has 2 rings (SSSR count). The Balaban J connectivity index is 1.77. The average Bonchev–Trinajstić information content (AvgIpc) is 2.58. The van der Waals surface area contributed by atoms with Crippen molar-refractivity contribution in [3.05, 3.63) is 65.2 Å². The largest absolute Gasteiger partial charge is 0.489 e. The molecule has 2 aromatic rings. The Morgan fingerprint density at radius 2 is 1.57 bits per heavy atom. The zero-order valence-corrected chi connectivity index (χ0v) is 13.7. The van der Waals surface area contributed by atoms with Crippen LogP contribution in [0.3, 0.4) is 0 Å². The molecule has 0 fully saturated rings. The van der Waals surface area contributed by atoms with Crippen LogP contribution in [0.15, 0.2) is 48.5 Å². The minimum Gasteiger partial charge on any atom is -0.489 e. The molecule has 0 atom stereocenters. The minimum absolute atomic E-state index is 0.195. The third-order valence-corrected chi connectivity index (χ3v) is 3.43. The number of carbonyl (C=O) groups is 1. The Morgan fingerprint density at radius 1 is 0.957 bits per heavy atom. The van der Waals surface area contributed by atoms with Crippen LogP contribution in [-0.4, -0.2) is 19.6 Å². The van der Waals surface area contributed by atoms with Crippen LogP contribution in [0.25, 0.3) is 0 Å². The molecule has 0 aliphatic rings. The molecule has 0 saturated carbocycles. The molecule has 2 aromatic carbocycles. The van der Waals surface area contributed by atoms with Crippen molar-refractivity contribution in [3.63, 3.8) is 0 Å². The fourth-order valence-electron chi connectivity index (χ4n) is 2.00. The topological polar surface area (TPSA) is 47.6 Å². The lowest BCUT2D eigenvalue weighted by molar-refractivity contribution is -0.144. The Bertz CT molecular complexity index is 606. The van der Waals surface area contributed by atoms with Gasteiger partial charge in [0.1, 0.15) is 19.0 Å². The first kappa shape index (κ1) is 17.0. The lowest BCUT2D eigenvalue weighted by atomic mass is 10.2. The molecular weight excluding hydrogens is 290 g/mol. The summed E-state index contributed by atoms with van der Waals surface area (Å²) in [5.74, 6) is 0.606. The van der Waals surface area contributed by atoms with Gasteiger partial charge in [0.15, 0.2) is 0 Å². The van der Waals surface area contributed by atoms with E-state index in [1.807, 2.05) is 31.3 Å². The Kier molecular flexibility index (Phi) is 6.63. The summed E-state index contributed by atoms with van der Waals surface area (Å²) in [5, 5.41) is 2.92. The van der Waals surface area contributed by atoms with Gasteiger partial charge in [-0.2, -0.15) is 0 Å². The van der Waals surface area contributed by atoms with Crippen LogP contribution in [0.4, 0.5) is 0 Å². The molecule has 0 radical (unpaired) electrons. The summed E-state index contributed by atoms with van der Waals surface area (Å²) >= 11 is 0. The normalized spacial score (nSPS) is 10.3. The third-order valence-electron chi connectivity index (χ3n) is 3.43. The number of hydrogen-bond acceptors (Lipinski definition) is 4. The van der Waals surface area contributed by atoms with Gasteiger partial charge in [0.05, 0.1) is 6.42 Å². The van der Waals surface area contributed by atoms with Crippen molar-refractivity contribution in [2.24, 2.45) is 0 Å². The third kappa shape index (κ3) is 6.12. The number of esters is 1. The summed E-state index contributed by atoms with van der Waals surface area (Å²) in [5.41, 5.74) is 3.33. The second-order valence-corrected chi connectivity index (χ2v) is 5.43. The van der Waals surface area contributed by atoms with Gasteiger partial charge in [-0.05, 0) is 37.2 Å². The molecule has 122 valence electrons. The van der Waals surface area contributed by atoms with Gasteiger partial charge in [-0.15, -0.1) is 0 Å². The van der Waals surface area contributed by atoms with E-state index in [1.165, 1.54) is 5.56 Å². The number of ether oxygens (including phenoxy) is 2. The molecule has 0 amide bonds. The van der Waals surface area contributed by atoms with Gasteiger partial charge in [0.2, 0.25) is 0 Å². The zero-order valence-electron chi connectivity index (χ0n) is 13.7. The summed E-state index contributed by atoms with van der Waals surface area (Å²) in [6.45, 7) is 3.53. The first-order valence-electron chi connectivity index (χ1n) is 7.75. The molecule has 4 heteroatoms. The zero-order chi connectivity index (χ0) is 16.5. The van der Waals surface area contributed by atoms with Crippen LogP contribution in [0, 0.1) is 6.92 Å². The van der Waals surface area contributed by atoms with E-state index in [0.29, 0.717) is 26.2 Å². The van der Waals surface area contributed by atoms with Crippen LogP contribution < -0.4 is 10.1 Å². The minimum atomic E-state index is -0.195. The standard InChI is InChI=1S/C19H23NO3/c1-15-3-5-16(6-4-15)13-22-18-9-7-17(8-10-18)14-23-19(21)11-12-20-2/h3-10,20H,11-14H2,1-2H3. The summed E-state index contributed by atoms with van der Waals surface area (Å²) in [7, 11) is 1.81. The van der Waals surface area contributed by atoms with E-state index in [-0.39, 0.29) is 5.97 Å². The van der Waals surface area contributed by atoms with Gasteiger partial charge in [-0.3, -0.25) is 4.79 Å². The predicted molar refractivity (Wildman–Crippen MR) is 90.3 cm³/mol. The van der Waals surface area contributed by atoms with Gasteiger partial charge in [-0.1, -0.05) is 42.0 Å². The number of rotatable bonds is 8. The van der Waals surface area contributed by atoms with Crippen molar-refractivity contribution in [2.75, 3.05) is 13.6 Å². The van der Waals surface area contributed by atoms with Crippen molar-refractivity contribution in [2.45, 2.75) is 26.6 Å². The van der Waals surface area contributed by atoms with E-state index >= 15 is 0 Å². The number of carbonyl (C=O) groups excluding carboxylic acids is 1. The maximum Gasteiger partial charge on any atom is 0.307 e. The fourth-order valence-corrected chi connectivity index (χ4v) is 2.00. The Labute approximate surface area is 137 Å². The van der Waals surface area contributed by atoms with Crippen molar-refractivity contribution in [1.82, 2.24) is 5.32 Å². The molecule has 0 aromatic heterocycles. The molecule has 0 spiro atoms. The Morgan fingerprint density at radius 3 is 2.22 bits per heavy atom. The summed E-state index contributed by atoms with van der Waals surface area (Å²) in [6, 6.07) is 15.9. The van der Waals surface area contributed by atoms with Crippen LogP contribution in [0.1, 0.15) is 23.1 Å². The van der Waals surface area contributed by atoms with Crippen LogP contribution in [0.2, 0.25) is 0 Å². The van der Waals surface area contributed by atoms with E-state index in [0.717, 1.165) is 16.9 Å². The predicted octanol–water partition coefficient (Wildman–Crippen LogP) is 3.23. The molecule has 0 unspecified atom stereocenters. The lowest BCUT2D eigenvalue weighted by Gasteiger charge is -2.08. The van der Waals surface area contributed by atoms with Crippen molar-refractivity contribution in [3.8, 4) is 5.75 Å². The maximum atomic E-state index is 11.4.